The fraction of sp³-hybridized carbons (Fsp3) is 0.750. The van der Waals surface area contributed by atoms with Crippen LogP contribution >= 0.6 is 0 Å². The number of nitrogens with zero attached hydrogens (tertiary/aromatic N) is 2. The molecule has 1 N–H and O–H groups in total. The largest absolute Gasteiger partial charge is 0.392 e. The van der Waals surface area contributed by atoms with Crippen molar-refractivity contribution < 1.29 is 5.11 Å². The van der Waals surface area contributed by atoms with Crippen LogP contribution in [0, 0.1) is 5.92 Å². The maximum absolute atomic E-state index is 9.90. The van der Waals surface area contributed by atoms with Crippen molar-refractivity contribution in [1.82, 2.24) is 9.78 Å². The molecule has 3 nitrogen and oxygen atoms in total. The summed E-state index contributed by atoms with van der Waals surface area (Å²) < 4.78 is 2.02. The fourth-order valence-electron chi connectivity index (χ4n) is 1.99. The quantitative estimate of drug-likeness (QED) is 0.801. The van der Waals surface area contributed by atoms with Gasteiger partial charge in [0.2, 0.25) is 0 Å². The zero-order valence-corrected chi connectivity index (χ0v) is 9.61. The Kier molecular flexibility index (Phi) is 3.10. The summed E-state index contributed by atoms with van der Waals surface area (Å²) in [7, 11) is 0. The number of hydrogen-bond acceptors (Lipinski definition) is 2. The maximum atomic E-state index is 9.90. The topological polar surface area (TPSA) is 38.0 Å². The molecule has 1 atom stereocenters. The SMILES string of the molecule is CCc1cc(CC(O)C2CC2)n(CC)n1. The molecule has 1 fully saturated rings. The molecule has 3 heteroatoms. The number of aromatic nitrogens is 2. The minimum absolute atomic E-state index is 0.156. The van der Waals surface area contributed by atoms with E-state index in [4.69, 9.17) is 0 Å². The van der Waals surface area contributed by atoms with E-state index in [0.717, 1.165) is 25.1 Å². The van der Waals surface area contributed by atoms with Gasteiger partial charge in [0.25, 0.3) is 0 Å². The molecular weight excluding hydrogens is 188 g/mol. The summed E-state index contributed by atoms with van der Waals surface area (Å²) in [5, 5.41) is 14.4. The van der Waals surface area contributed by atoms with Crippen LogP contribution in [0.1, 0.15) is 38.1 Å². The average molecular weight is 208 g/mol. The molecule has 1 aromatic heterocycles. The lowest BCUT2D eigenvalue weighted by atomic mass is 10.1. The Morgan fingerprint density at radius 2 is 2.27 bits per heavy atom. The van der Waals surface area contributed by atoms with Crippen LogP contribution in [0.15, 0.2) is 6.07 Å². The minimum Gasteiger partial charge on any atom is -0.392 e. The van der Waals surface area contributed by atoms with Gasteiger partial charge in [0.15, 0.2) is 0 Å². The molecule has 0 saturated heterocycles. The first-order valence-electron chi connectivity index (χ1n) is 5.98. The maximum Gasteiger partial charge on any atom is 0.0624 e. The van der Waals surface area contributed by atoms with Gasteiger partial charge in [-0.3, -0.25) is 4.68 Å². The first-order valence-corrected chi connectivity index (χ1v) is 5.98. The van der Waals surface area contributed by atoms with Crippen LogP contribution in [0.3, 0.4) is 0 Å². The molecule has 0 aromatic carbocycles. The Bertz CT molecular complexity index is 328. The van der Waals surface area contributed by atoms with Gasteiger partial charge in [0.05, 0.1) is 11.8 Å². The molecule has 2 rings (SSSR count). The fourth-order valence-corrected chi connectivity index (χ4v) is 1.99. The van der Waals surface area contributed by atoms with Crippen molar-refractivity contribution in [1.29, 1.82) is 0 Å². The third-order valence-electron chi connectivity index (χ3n) is 3.16. The smallest absolute Gasteiger partial charge is 0.0624 e. The summed E-state index contributed by atoms with van der Waals surface area (Å²) in [4.78, 5) is 0. The van der Waals surface area contributed by atoms with Gasteiger partial charge in [-0.25, -0.2) is 0 Å². The highest BCUT2D eigenvalue weighted by Crippen LogP contribution is 2.34. The second-order valence-electron chi connectivity index (χ2n) is 4.41. The molecule has 0 bridgehead atoms. The van der Waals surface area contributed by atoms with Gasteiger partial charge in [0.1, 0.15) is 0 Å². The predicted molar refractivity (Wildman–Crippen MR) is 59.7 cm³/mol. The van der Waals surface area contributed by atoms with E-state index in [1.54, 1.807) is 0 Å². The monoisotopic (exact) mass is 208 g/mol. The number of aliphatic hydroxyl groups is 1. The Labute approximate surface area is 91.1 Å². The number of rotatable bonds is 5. The van der Waals surface area contributed by atoms with Crippen LogP contribution in [0.25, 0.3) is 0 Å². The summed E-state index contributed by atoms with van der Waals surface area (Å²) in [5.41, 5.74) is 2.32. The second-order valence-corrected chi connectivity index (χ2v) is 4.41. The highest BCUT2D eigenvalue weighted by Gasteiger charge is 2.30. The molecule has 84 valence electrons. The Morgan fingerprint density at radius 1 is 1.53 bits per heavy atom. The molecule has 1 aliphatic carbocycles. The molecule has 1 unspecified atom stereocenters. The van der Waals surface area contributed by atoms with E-state index in [1.165, 1.54) is 18.5 Å². The second kappa shape index (κ2) is 4.35. The molecule has 1 aliphatic rings. The lowest BCUT2D eigenvalue weighted by Gasteiger charge is -2.09. The van der Waals surface area contributed by atoms with Crippen molar-refractivity contribution in [3.8, 4) is 0 Å². The zero-order valence-electron chi connectivity index (χ0n) is 9.61. The van der Waals surface area contributed by atoms with Crippen LogP contribution in [-0.2, 0) is 19.4 Å². The molecule has 0 spiro atoms. The number of aryl methyl sites for hydroxylation is 2. The van der Waals surface area contributed by atoms with Crippen molar-refractivity contribution in [3.05, 3.63) is 17.5 Å². The lowest BCUT2D eigenvalue weighted by Crippen LogP contribution is -2.16. The third-order valence-corrected chi connectivity index (χ3v) is 3.16. The van der Waals surface area contributed by atoms with Crippen LogP contribution in [0.2, 0.25) is 0 Å². The number of aliphatic hydroxyl groups excluding tert-OH is 1. The molecule has 1 aromatic rings. The molecular formula is C12H20N2O. The van der Waals surface area contributed by atoms with Gasteiger partial charge < -0.3 is 5.11 Å². The van der Waals surface area contributed by atoms with E-state index in [1.807, 2.05) is 4.68 Å². The van der Waals surface area contributed by atoms with E-state index in [0.29, 0.717) is 5.92 Å². The highest BCUT2D eigenvalue weighted by molar-refractivity contribution is 5.12. The van der Waals surface area contributed by atoms with E-state index in [2.05, 4.69) is 25.0 Å². The van der Waals surface area contributed by atoms with Crippen LogP contribution < -0.4 is 0 Å². The summed E-state index contributed by atoms with van der Waals surface area (Å²) >= 11 is 0. The third kappa shape index (κ3) is 2.40. The van der Waals surface area contributed by atoms with E-state index >= 15 is 0 Å². The van der Waals surface area contributed by atoms with Crippen molar-refractivity contribution in [2.45, 2.75) is 52.2 Å². The Morgan fingerprint density at radius 3 is 2.80 bits per heavy atom. The van der Waals surface area contributed by atoms with Gasteiger partial charge in [-0.2, -0.15) is 5.10 Å². The predicted octanol–water partition coefficient (Wildman–Crippen LogP) is 1.78. The van der Waals surface area contributed by atoms with Crippen molar-refractivity contribution in [2.24, 2.45) is 5.92 Å². The highest BCUT2D eigenvalue weighted by atomic mass is 16.3. The Hall–Kier alpha value is -0.830. The van der Waals surface area contributed by atoms with Crippen molar-refractivity contribution in [2.75, 3.05) is 0 Å². The summed E-state index contributed by atoms with van der Waals surface area (Å²) in [6.45, 7) is 5.11. The van der Waals surface area contributed by atoms with Gasteiger partial charge in [-0.1, -0.05) is 6.92 Å². The molecule has 15 heavy (non-hydrogen) atoms. The van der Waals surface area contributed by atoms with Gasteiger partial charge in [-0.05, 0) is 38.2 Å². The number of hydrogen-bond donors (Lipinski definition) is 1. The minimum atomic E-state index is -0.156. The van der Waals surface area contributed by atoms with Gasteiger partial charge in [-0.15, -0.1) is 0 Å². The molecule has 0 amide bonds. The zero-order chi connectivity index (χ0) is 10.8. The normalized spacial score (nSPS) is 18.1. The van der Waals surface area contributed by atoms with E-state index in [-0.39, 0.29) is 6.10 Å². The van der Waals surface area contributed by atoms with E-state index < -0.39 is 0 Å². The van der Waals surface area contributed by atoms with Gasteiger partial charge in [0, 0.05) is 18.7 Å². The van der Waals surface area contributed by atoms with Gasteiger partial charge >= 0.3 is 0 Å². The molecule has 0 radical (unpaired) electrons. The lowest BCUT2D eigenvalue weighted by molar-refractivity contribution is 0.149. The van der Waals surface area contributed by atoms with Crippen LogP contribution in [-0.4, -0.2) is 21.0 Å². The molecule has 0 aliphatic heterocycles. The van der Waals surface area contributed by atoms with Crippen LogP contribution in [0.5, 0.6) is 0 Å². The molecule has 1 heterocycles. The Balaban J connectivity index is 2.07. The standard InChI is InChI=1S/C12H20N2O/c1-3-10-7-11(14(4-2)13-10)8-12(15)9-5-6-9/h7,9,12,15H,3-6,8H2,1-2H3. The average Bonchev–Trinajstić information content (AvgIpc) is 3.01. The summed E-state index contributed by atoms with van der Waals surface area (Å²) in [6.07, 6.45) is 3.98. The van der Waals surface area contributed by atoms with Crippen LogP contribution in [0.4, 0.5) is 0 Å². The van der Waals surface area contributed by atoms with Crippen molar-refractivity contribution >= 4 is 0 Å². The summed E-state index contributed by atoms with van der Waals surface area (Å²) in [5.74, 6) is 0.551. The molecule has 1 saturated carbocycles. The van der Waals surface area contributed by atoms with E-state index in [9.17, 15) is 5.11 Å². The van der Waals surface area contributed by atoms with Crippen molar-refractivity contribution in [3.63, 3.8) is 0 Å². The first-order chi connectivity index (χ1) is 7.24. The summed E-state index contributed by atoms with van der Waals surface area (Å²) in [6, 6.07) is 2.13. The first kappa shape index (κ1) is 10.7.